The van der Waals surface area contributed by atoms with Gasteiger partial charge in [-0.3, -0.25) is 9.69 Å². The number of anilines is 1. The van der Waals surface area contributed by atoms with E-state index in [1.807, 2.05) is 42.5 Å². The largest absolute Gasteiger partial charge is 0.416 e. The second kappa shape index (κ2) is 11.1. The van der Waals surface area contributed by atoms with Gasteiger partial charge in [0.2, 0.25) is 0 Å². The standard InChI is InChI=1S/C28H25F3N4O/c29-28(30,31)24-12-7-13-25(18-24)33-20-23(19-32)27(36)35-16-14-34(15-17-35)26(21-8-3-1-4-9-21)22-10-5-2-6-11-22/h1-13,18,20,26,33H,14-17H2/b23-20-. The van der Waals surface area contributed by atoms with Gasteiger partial charge in [-0.1, -0.05) is 66.7 Å². The second-order valence-electron chi connectivity index (χ2n) is 8.44. The first-order chi connectivity index (χ1) is 17.4. The normalized spacial score (nSPS) is 15.0. The van der Waals surface area contributed by atoms with Crippen LogP contribution in [-0.4, -0.2) is 41.9 Å². The summed E-state index contributed by atoms with van der Waals surface area (Å²) in [4.78, 5) is 16.9. The van der Waals surface area contributed by atoms with Crippen LogP contribution in [0.25, 0.3) is 0 Å². The quantitative estimate of drug-likeness (QED) is 0.368. The van der Waals surface area contributed by atoms with Crippen LogP contribution in [0.2, 0.25) is 0 Å². The first-order valence-corrected chi connectivity index (χ1v) is 11.5. The van der Waals surface area contributed by atoms with Crippen LogP contribution in [0.5, 0.6) is 0 Å². The SMILES string of the molecule is N#C/C(=C/Nc1cccc(C(F)(F)F)c1)C(=O)N1CCN(C(c2ccccc2)c2ccccc2)CC1. The molecule has 0 unspecified atom stereocenters. The molecule has 8 heteroatoms. The highest BCUT2D eigenvalue weighted by Crippen LogP contribution is 2.31. The Kier molecular flexibility index (Phi) is 7.71. The fourth-order valence-corrected chi connectivity index (χ4v) is 4.32. The molecule has 0 atom stereocenters. The zero-order chi connectivity index (χ0) is 25.5. The van der Waals surface area contributed by atoms with Crippen molar-refractivity contribution in [3.8, 4) is 6.07 Å². The minimum absolute atomic E-state index is 0.0400. The molecule has 184 valence electrons. The lowest BCUT2D eigenvalue weighted by atomic mass is 9.96. The summed E-state index contributed by atoms with van der Waals surface area (Å²) in [6, 6.07) is 26.8. The molecule has 1 aliphatic heterocycles. The highest BCUT2D eigenvalue weighted by atomic mass is 19.4. The van der Waals surface area contributed by atoms with Gasteiger partial charge in [-0.2, -0.15) is 18.4 Å². The topological polar surface area (TPSA) is 59.4 Å². The number of rotatable bonds is 6. The number of alkyl halides is 3. The second-order valence-corrected chi connectivity index (χ2v) is 8.44. The minimum Gasteiger partial charge on any atom is -0.360 e. The first kappa shape index (κ1) is 25.0. The van der Waals surface area contributed by atoms with Crippen molar-refractivity contribution in [3.63, 3.8) is 0 Å². The Hall–Kier alpha value is -4.09. The minimum atomic E-state index is -4.48. The molecule has 1 fully saturated rings. The number of carbonyl (C=O) groups excluding carboxylic acids is 1. The van der Waals surface area contributed by atoms with Crippen LogP contribution in [0.15, 0.2) is 96.7 Å². The maximum absolute atomic E-state index is 13.0. The van der Waals surface area contributed by atoms with E-state index in [0.29, 0.717) is 26.2 Å². The zero-order valence-electron chi connectivity index (χ0n) is 19.4. The monoisotopic (exact) mass is 490 g/mol. The highest BCUT2D eigenvalue weighted by Gasteiger charge is 2.31. The van der Waals surface area contributed by atoms with Gasteiger partial charge < -0.3 is 10.2 Å². The summed E-state index contributed by atoms with van der Waals surface area (Å²) in [7, 11) is 0. The lowest BCUT2D eigenvalue weighted by Gasteiger charge is -2.39. The molecule has 0 aromatic heterocycles. The molecule has 0 spiro atoms. The number of carbonyl (C=O) groups is 1. The van der Waals surface area contributed by atoms with Gasteiger partial charge in [0.1, 0.15) is 11.6 Å². The van der Waals surface area contributed by atoms with Gasteiger partial charge in [0.25, 0.3) is 5.91 Å². The van der Waals surface area contributed by atoms with Crippen molar-refractivity contribution in [2.75, 3.05) is 31.5 Å². The maximum Gasteiger partial charge on any atom is 0.416 e. The van der Waals surface area contributed by atoms with E-state index < -0.39 is 17.6 Å². The van der Waals surface area contributed by atoms with E-state index in [2.05, 4.69) is 34.5 Å². The van der Waals surface area contributed by atoms with E-state index in [1.165, 1.54) is 18.3 Å². The van der Waals surface area contributed by atoms with Crippen LogP contribution in [-0.2, 0) is 11.0 Å². The molecule has 3 aromatic carbocycles. The van der Waals surface area contributed by atoms with Crippen molar-refractivity contribution in [2.45, 2.75) is 12.2 Å². The summed E-state index contributed by atoms with van der Waals surface area (Å²) in [5.74, 6) is -0.451. The molecular weight excluding hydrogens is 465 g/mol. The lowest BCUT2D eigenvalue weighted by molar-refractivity contribution is -0.137. The van der Waals surface area contributed by atoms with Gasteiger partial charge >= 0.3 is 6.18 Å². The Morgan fingerprint density at radius 2 is 1.47 bits per heavy atom. The Bertz CT molecular complexity index is 1210. The average Bonchev–Trinajstić information content (AvgIpc) is 2.90. The smallest absolute Gasteiger partial charge is 0.360 e. The summed E-state index contributed by atoms with van der Waals surface area (Å²) in [6.07, 6.45) is -3.31. The molecule has 0 bridgehead atoms. The van der Waals surface area contributed by atoms with Gasteiger partial charge in [-0.15, -0.1) is 0 Å². The van der Waals surface area contributed by atoms with Crippen molar-refractivity contribution in [3.05, 3.63) is 113 Å². The number of nitrogens with zero attached hydrogens (tertiary/aromatic N) is 3. The van der Waals surface area contributed by atoms with Crippen molar-refractivity contribution >= 4 is 11.6 Å². The van der Waals surface area contributed by atoms with E-state index in [1.54, 1.807) is 4.90 Å². The molecule has 1 amide bonds. The van der Waals surface area contributed by atoms with Gasteiger partial charge in [-0.05, 0) is 29.3 Å². The van der Waals surface area contributed by atoms with E-state index in [4.69, 9.17) is 0 Å². The van der Waals surface area contributed by atoms with Gasteiger partial charge in [0.15, 0.2) is 0 Å². The fraction of sp³-hybridized carbons (Fsp3) is 0.214. The molecule has 1 saturated heterocycles. The third-order valence-corrected chi connectivity index (χ3v) is 6.12. The lowest BCUT2D eigenvalue weighted by Crippen LogP contribution is -2.50. The number of nitrogens with one attached hydrogen (secondary N) is 1. The number of benzene rings is 3. The summed E-state index contributed by atoms with van der Waals surface area (Å²) < 4.78 is 38.8. The van der Waals surface area contributed by atoms with Crippen LogP contribution < -0.4 is 5.32 Å². The maximum atomic E-state index is 13.0. The first-order valence-electron chi connectivity index (χ1n) is 11.5. The molecule has 1 aliphatic rings. The van der Waals surface area contributed by atoms with Crippen LogP contribution in [0.3, 0.4) is 0 Å². The number of hydrogen-bond acceptors (Lipinski definition) is 4. The molecule has 5 nitrogen and oxygen atoms in total. The van der Waals surface area contributed by atoms with Crippen LogP contribution in [0.1, 0.15) is 22.7 Å². The van der Waals surface area contributed by atoms with Crippen molar-refractivity contribution < 1.29 is 18.0 Å². The van der Waals surface area contributed by atoms with E-state index in [0.717, 1.165) is 23.3 Å². The number of hydrogen-bond donors (Lipinski definition) is 1. The third kappa shape index (κ3) is 5.93. The van der Waals surface area contributed by atoms with Crippen LogP contribution in [0.4, 0.5) is 18.9 Å². The van der Waals surface area contributed by atoms with Crippen molar-refractivity contribution in [1.29, 1.82) is 5.26 Å². The van der Waals surface area contributed by atoms with Gasteiger partial charge in [0, 0.05) is 38.1 Å². The predicted molar refractivity (Wildman–Crippen MR) is 132 cm³/mol. The third-order valence-electron chi connectivity index (χ3n) is 6.12. The molecule has 0 radical (unpaired) electrons. The van der Waals surface area contributed by atoms with E-state index in [-0.39, 0.29) is 17.3 Å². The van der Waals surface area contributed by atoms with Crippen molar-refractivity contribution in [1.82, 2.24) is 9.80 Å². The summed E-state index contributed by atoms with van der Waals surface area (Å²) >= 11 is 0. The molecule has 4 rings (SSSR count). The highest BCUT2D eigenvalue weighted by molar-refractivity contribution is 5.97. The van der Waals surface area contributed by atoms with Gasteiger partial charge in [0.05, 0.1) is 11.6 Å². The predicted octanol–water partition coefficient (Wildman–Crippen LogP) is 5.46. The number of piperazine rings is 1. The molecule has 1 heterocycles. The molecule has 0 saturated carbocycles. The van der Waals surface area contributed by atoms with Crippen LogP contribution >= 0.6 is 0 Å². The molecule has 36 heavy (non-hydrogen) atoms. The number of nitriles is 1. The molecule has 3 aromatic rings. The molecular formula is C28H25F3N4O. The Balaban J connectivity index is 1.44. The Morgan fingerprint density at radius 3 is 2.00 bits per heavy atom. The van der Waals surface area contributed by atoms with Gasteiger partial charge in [-0.25, -0.2) is 0 Å². The Morgan fingerprint density at radius 1 is 0.889 bits per heavy atom. The number of halogens is 3. The zero-order valence-corrected chi connectivity index (χ0v) is 19.4. The molecule has 0 aliphatic carbocycles. The molecule has 1 N–H and O–H groups in total. The average molecular weight is 491 g/mol. The summed E-state index contributed by atoms with van der Waals surface area (Å²) in [5, 5.41) is 12.2. The fourth-order valence-electron chi connectivity index (χ4n) is 4.32. The van der Waals surface area contributed by atoms with E-state index >= 15 is 0 Å². The summed E-state index contributed by atoms with van der Waals surface area (Å²) in [6.45, 7) is 2.08. The van der Waals surface area contributed by atoms with E-state index in [9.17, 15) is 23.2 Å². The summed E-state index contributed by atoms with van der Waals surface area (Å²) in [5.41, 5.74) is 1.48. The number of amides is 1. The van der Waals surface area contributed by atoms with Crippen LogP contribution in [0, 0.1) is 11.3 Å². The Labute approximate surface area is 208 Å². The van der Waals surface area contributed by atoms with Crippen molar-refractivity contribution in [2.24, 2.45) is 0 Å².